The van der Waals surface area contributed by atoms with Crippen molar-refractivity contribution in [3.63, 3.8) is 0 Å². The van der Waals surface area contributed by atoms with E-state index < -0.39 is 0 Å². The van der Waals surface area contributed by atoms with Gasteiger partial charge in [-0.25, -0.2) is 4.98 Å². The van der Waals surface area contributed by atoms with Gasteiger partial charge in [0.15, 0.2) is 0 Å². The Hall–Kier alpha value is -3.14. The summed E-state index contributed by atoms with van der Waals surface area (Å²) in [6.07, 6.45) is 2.66. The Morgan fingerprint density at radius 2 is 1.79 bits per heavy atom. The first-order valence-electron chi connectivity index (χ1n) is 9.85. The molecule has 0 N–H and O–H groups in total. The molecule has 2 aromatic carbocycles. The van der Waals surface area contributed by atoms with E-state index in [0.717, 1.165) is 31.9 Å². The lowest BCUT2D eigenvalue weighted by Gasteiger charge is -2.29. The molecule has 3 aromatic rings. The number of carbonyl (C=O) groups excluding carboxylic acids is 1. The third-order valence-electron chi connectivity index (χ3n) is 5.33. The summed E-state index contributed by atoms with van der Waals surface area (Å²) in [6.45, 7) is 5.15. The predicted octanol–water partition coefficient (Wildman–Crippen LogP) is 4.31. The van der Waals surface area contributed by atoms with Gasteiger partial charge in [-0.15, -0.1) is 0 Å². The molecule has 0 saturated carbocycles. The fourth-order valence-corrected chi connectivity index (χ4v) is 3.73. The highest BCUT2D eigenvalue weighted by molar-refractivity contribution is 5.95. The zero-order chi connectivity index (χ0) is 19.3. The first-order valence-corrected chi connectivity index (χ1v) is 9.85. The van der Waals surface area contributed by atoms with Gasteiger partial charge < -0.3 is 9.80 Å². The minimum absolute atomic E-state index is 0.0777. The largest absolute Gasteiger partial charge is 0.353 e. The number of anilines is 1. The van der Waals surface area contributed by atoms with Crippen molar-refractivity contribution in [1.82, 2.24) is 9.88 Å². The summed E-state index contributed by atoms with van der Waals surface area (Å²) in [4.78, 5) is 21.8. The minimum atomic E-state index is 0.0777. The molecular formula is C24H25N3O. The van der Waals surface area contributed by atoms with Crippen molar-refractivity contribution in [3.8, 4) is 0 Å². The van der Waals surface area contributed by atoms with Crippen LogP contribution in [0.25, 0.3) is 0 Å². The van der Waals surface area contributed by atoms with Gasteiger partial charge in [0.1, 0.15) is 5.82 Å². The van der Waals surface area contributed by atoms with Gasteiger partial charge in [-0.05, 0) is 42.2 Å². The maximum atomic E-state index is 13.1. The van der Waals surface area contributed by atoms with Crippen LogP contribution in [0.3, 0.4) is 0 Å². The van der Waals surface area contributed by atoms with E-state index in [2.05, 4.69) is 47.1 Å². The van der Waals surface area contributed by atoms with Crippen molar-refractivity contribution in [3.05, 3.63) is 95.2 Å². The van der Waals surface area contributed by atoms with Crippen LogP contribution in [-0.2, 0) is 19.5 Å². The summed E-state index contributed by atoms with van der Waals surface area (Å²) in [5.74, 6) is 0.920. The monoisotopic (exact) mass is 371 g/mol. The lowest BCUT2D eigenvalue weighted by Crippen LogP contribution is -2.36. The molecule has 1 aromatic heterocycles. The highest BCUT2D eigenvalue weighted by Crippen LogP contribution is 2.22. The zero-order valence-electron chi connectivity index (χ0n) is 16.2. The van der Waals surface area contributed by atoms with Crippen LogP contribution in [0.5, 0.6) is 0 Å². The van der Waals surface area contributed by atoms with E-state index in [1.54, 1.807) is 6.20 Å². The van der Waals surface area contributed by atoms with Crippen LogP contribution < -0.4 is 4.90 Å². The Labute approximate surface area is 166 Å². The molecule has 0 atom stereocenters. The van der Waals surface area contributed by atoms with Crippen molar-refractivity contribution in [2.24, 2.45) is 0 Å². The second kappa shape index (κ2) is 8.26. The van der Waals surface area contributed by atoms with Gasteiger partial charge in [0.25, 0.3) is 5.91 Å². The van der Waals surface area contributed by atoms with E-state index in [9.17, 15) is 4.79 Å². The van der Waals surface area contributed by atoms with Gasteiger partial charge in [-0.3, -0.25) is 4.79 Å². The van der Waals surface area contributed by atoms with E-state index in [1.807, 2.05) is 41.3 Å². The molecular weight excluding hydrogens is 346 g/mol. The molecule has 4 nitrogen and oxygen atoms in total. The molecule has 4 rings (SSSR count). The van der Waals surface area contributed by atoms with Crippen LogP contribution in [0.1, 0.15) is 34.0 Å². The average molecular weight is 371 g/mol. The number of aromatic nitrogens is 1. The topological polar surface area (TPSA) is 36.4 Å². The highest BCUT2D eigenvalue weighted by atomic mass is 16.2. The molecule has 0 saturated heterocycles. The van der Waals surface area contributed by atoms with Crippen LogP contribution >= 0.6 is 0 Å². The molecule has 4 heteroatoms. The third kappa shape index (κ3) is 3.91. The fourth-order valence-electron chi connectivity index (χ4n) is 3.73. The smallest absolute Gasteiger partial charge is 0.254 e. The molecule has 2 heterocycles. The van der Waals surface area contributed by atoms with Crippen LogP contribution in [0.2, 0.25) is 0 Å². The van der Waals surface area contributed by atoms with E-state index in [1.165, 1.54) is 16.7 Å². The molecule has 0 bridgehead atoms. The van der Waals surface area contributed by atoms with Gasteiger partial charge in [0.05, 0.1) is 0 Å². The number of rotatable bonds is 5. The van der Waals surface area contributed by atoms with Crippen molar-refractivity contribution in [1.29, 1.82) is 0 Å². The van der Waals surface area contributed by atoms with Crippen LogP contribution in [0.4, 0.5) is 5.82 Å². The van der Waals surface area contributed by atoms with Crippen molar-refractivity contribution in [2.75, 3.05) is 18.0 Å². The van der Waals surface area contributed by atoms with Gasteiger partial charge in [0, 0.05) is 37.9 Å². The molecule has 0 aliphatic carbocycles. The highest BCUT2D eigenvalue weighted by Gasteiger charge is 2.22. The van der Waals surface area contributed by atoms with E-state index in [4.69, 9.17) is 0 Å². The summed E-state index contributed by atoms with van der Waals surface area (Å²) in [6, 6.07) is 22.5. The standard InChI is InChI=1S/C24H25N3O/c1-2-26(17-19-8-4-3-5-9-19)23-16-21(12-14-25-23)24(28)27-15-13-20-10-6-7-11-22(20)18-27/h3-12,14,16H,2,13,15,17-18H2,1H3. The summed E-state index contributed by atoms with van der Waals surface area (Å²) >= 11 is 0. The van der Waals surface area contributed by atoms with Gasteiger partial charge >= 0.3 is 0 Å². The number of benzene rings is 2. The van der Waals surface area contributed by atoms with E-state index in [0.29, 0.717) is 12.1 Å². The number of hydrogen-bond donors (Lipinski definition) is 0. The molecule has 1 aliphatic rings. The maximum Gasteiger partial charge on any atom is 0.254 e. The minimum Gasteiger partial charge on any atom is -0.353 e. The first kappa shape index (κ1) is 18.2. The van der Waals surface area contributed by atoms with Gasteiger partial charge in [-0.1, -0.05) is 54.6 Å². The van der Waals surface area contributed by atoms with Crippen molar-refractivity contribution < 1.29 is 4.79 Å². The lowest BCUT2D eigenvalue weighted by molar-refractivity contribution is 0.0734. The van der Waals surface area contributed by atoms with Crippen LogP contribution in [-0.4, -0.2) is 28.9 Å². The van der Waals surface area contributed by atoms with E-state index in [-0.39, 0.29) is 5.91 Å². The average Bonchev–Trinajstić information content (AvgIpc) is 2.77. The Bertz CT molecular complexity index is 955. The number of nitrogens with zero attached hydrogens (tertiary/aromatic N) is 3. The van der Waals surface area contributed by atoms with Crippen LogP contribution in [0.15, 0.2) is 72.9 Å². The number of fused-ring (bicyclic) bond motifs is 1. The van der Waals surface area contributed by atoms with Crippen molar-refractivity contribution >= 4 is 11.7 Å². The second-order valence-electron chi connectivity index (χ2n) is 7.15. The summed E-state index contributed by atoms with van der Waals surface area (Å²) < 4.78 is 0. The predicted molar refractivity (Wildman–Crippen MR) is 112 cm³/mol. The summed E-state index contributed by atoms with van der Waals surface area (Å²) in [5, 5.41) is 0. The Kier molecular flexibility index (Phi) is 5.38. The molecule has 0 fully saturated rings. The summed E-state index contributed by atoms with van der Waals surface area (Å²) in [5.41, 5.74) is 4.53. The van der Waals surface area contributed by atoms with Gasteiger partial charge in [0.2, 0.25) is 0 Å². The lowest BCUT2D eigenvalue weighted by atomic mass is 9.99. The molecule has 0 unspecified atom stereocenters. The SMILES string of the molecule is CCN(Cc1ccccc1)c1cc(C(=O)N2CCc3ccccc3C2)ccn1. The first-order chi connectivity index (χ1) is 13.7. The fraction of sp³-hybridized carbons (Fsp3) is 0.250. The molecule has 1 amide bonds. The van der Waals surface area contributed by atoms with Crippen LogP contribution in [0, 0.1) is 0 Å². The molecule has 0 radical (unpaired) electrons. The van der Waals surface area contributed by atoms with Crippen molar-refractivity contribution in [2.45, 2.75) is 26.4 Å². The maximum absolute atomic E-state index is 13.1. The number of pyridine rings is 1. The Morgan fingerprint density at radius 3 is 2.57 bits per heavy atom. The number of amides is 1. The Morgan fingerprint density at radius 1 is 1.04 bits per heavy atom. The molecule has 142 valence electrons. The third-order valence-corrected chi connectivity index (χ3v) is 5.33. The number of carbonyl (C=O) groups is 1. The molecule has 28 heavy (non-hydrogen) atoms. The Balaban J connectivity index is 1.52. The van der Waals surface area contributed by atoms with Gasteiger partial charge in [-0.2, -0.15) is 0 Å². The van der Waals surface area contributed by atoms with E-state index >= 15 is 0 Å². The number of hydrogen-bond acceptors (Lipinski definition) is 3. The second-order valence-corrected chi connectivity index (χ2v) is 7.15. The molecule has 1 aliphatic heterocycles. The quantitative estimate of drug-likeness (QED) is 0.671. The zero-order valence-corrected chi connectivity index (χ0v) is 16.2. The summed E-state index contributed by atoms with van der Waals surface area (Å²) in [7, 11) is 0. The normalized spacial score (nSPS) is 13.1. The molecule has 0 spiro atoms.